The smallest absolute Gasteiger partial charge is 0.251 e. The molecule has 0 radical (unpaired) electrons. The number of aliphatic hydroxyl groups excluding tert-OH is 1. The summed E-state index contributed by atoms with van der Waals surface area (Å²) in [6.07, 6.45) is 3.58. The van der Waals surface area contributed by atoms with Crippen molar-refractivity contribution in [1.29, 1.82) is 0 Å². The Kier molecular flexibility index (Phi) is 7.00. The molecule has 0 saturated heterocycles. The van der Waals surface area contributed by atoms with Crippen molar-refractivity contribution in [3.05, 3.63) is 35.9 Å². The molecule has 5 nitrogen and oxygen atoms in total. The zero-order chi connectivity index (χ0) is 18.4. The Balaban J connectivity index is 2.00. The number of likely N-dealkylation sites (N-methyl/N-ethyl adjacent to an activating group) is 1. The third-order valence-electron chi connectivity index (χ3n) is 5.01. The minimum atomic E-state index is -0.571. The van der Waals surface area contributed by atoms with Gasteiger partial charge in [0.15, 0.2) is 0 Å². The fourth-order valence-electron chi connectivity index (χ4n) is 3.41. The third kappa shape index (κ3) is 5.30. The van der Waals surface area contributed by atoms with Crippen molar-refractivity contribution < 1.29 is 14.7 Å². The van der Waals surface area contributed by atoms with E-state index in [0.29, 0.717) is 12.1 Å². The van der Waals surface area contributed by atoms with Gasteiger partial charge in [-0.05, 0) is 30.9 Å². The molecular formula is C20H30N2O3. The Morgan fingerprint density at radius 2 is 1.84 bits per heavy atom. The van der Waals surface area contributed by atoms with Gasteiger partial charge in [-0.3, -0.25) is 9.59 Å². The van der Waals surface area contributed by atoms with E-state index < -0.39 is 6.04 Å². The van der Waals surface area contributed by atoms with Gasteiger partial charge in [-0.15, -0.1) is 0 Å². The van der Waals surface area contributed by atoms with Gasteiger partial charge in [-0.25, -0.2) is 0 Å². The van der Waals surface area contributed by atoms with Crippen LogP contribution in [-0.2, 0) is 4.79 Å². The highest BCUT2D eigenvalue weighted by Gasteiger charge is 2.30. The van der Waals surface area contributed by atoms with Crippen molar-refractivity contribution in [2.75, 3.05) is 13.6 Å². The quantitative estimate of drug-likeness (QED) is 0.831. The predicted molar refractivity (Wildman–Crippen MR) is 98.1 cm³/mol. The molecule has 3 atom stereocenters. The Morgan fingerprint density at radius 1 is 1.20 bits per heavy atom. The lowest BCUT2D eigenvalue weighted by atomic mass is 9.86. The number of amides is 2. The summed E-state index contributed by atoms with van der Waals surface area (Å²) >= 11 is 0. The summed E-state index contributed by atoms with van der Waals surface area (Å²) in [5, 5.41) is 13.0. The van der Waals surface area contributed by atoms with Crippen molar-refractivity contribution in [1.82, 2.24) is 10.2 Å². The van der Waals surface area contributed by atoms with Crippen molar-refractivity contribution in [3.63, 3.8) is 0 Å². The van der Waals surface area contributed by atoms with E-state index in [0.717, 1.165) is 25.7 Å². The van der Waals surface area contributed by atoms with Gasteiger partial charge in [0.2, 0.25) is 5.91 Å². The van der Waals surface area contributed by atoms with Crippen LogP contribution in [0.2, 0.25) is 0 Å². The molecule has 0 bridgehead atoms. The van der Waals surface area contributed by atoms with E-state index in [1.165, 1.54) is 0 Å². The van der Waals surface area contributed by atoms with Crippen molar-refractivity contribution in [2.45, 2.75) is 51.7 Å². The molecule has 1 saturated carbocycles. The highest BCUT2D eigenvalue weighted by Crippen LogP contribution is 2.25. The summed E-state index contributed by atoms with van der Waals surface area (Å²) in [6.45, 7) is 4.39. The molecule has 2 rings (SSSR count). The van der Waals surface area contributed by atoms with Crippen LogP contribution in [0.4, 0.5) is 0 Å². The molecule has 5 heteroatoms. The first kappa shape index (κ1) is 19.4. The van der Waals surface area contributed by atoms with E-state index in [1.54, 1.807) is 36.2 Å². The van der Waals surface area contributed by atoms with E-state index in [2.05, 4.69) is 5.32 Å². The summed E-state index contributed by atoms with van der Waals surface area (Å²) < 4.78 is 0. The topological polar surface area (TPSA) is 69.6 Å². The molecule has 1 aromatic carbocycles. The van der Waals surface area contributed by atoms with Crippen LogP contribution in [0.1, 0.15) is 49.9 Å². The number of hydrogen-bond acceptors (Lipinski definition) is 3. The molecule has 0 heterocycles. The summed E-state index contributed by atoms with van der Waals surface area (Å²) in [4.78, 5) is 26.9. The van der Waals surface area contributed by atoms with Crippen LogP contribution in [0.15, 0.2) is 30.3 Å². The minimum Gasteiger partial charge on any atom is -0.393 e. The number of nitrogens with one attached hydrogen (secondary N) is 1. The SMILES string of the molecule is CC(C)C(NC(=O)c1ccccc1)C(=O)N(C)CC1CCCCC1O. The average Bonchev–Trinajstić information content (AvgIpc) is 2.61. The summed E-state index contributed by atoms with van der Waals surface area (Å²) in [5.41, 5.74) is 0.548. The van der Waals surface area contributed by atoms with E-state index >= 15 is 0 Å². The van der Waals surface area contributed by atoms with Gasteiger partial charge in [0.05, 0.1) is 6.10 Å². The molecule has 0 aromatic heterocycles. The first-order valence-electron chi connectivity index (χ1n) is 9.19. The lowest BCUT2D eigenvalue weighted by molar-refractivity contribution is -0.134. The number of rotatable bonds is 6. The van der Waals surface area contributed by atoms with E-state index in [1.807, 2.05) is 19.9 Å². The normalized spacial score (nSPS) is 21.6. The van der Waals surface area contributed by atoms with Crippen molar-refractivity contribution >= 4 is 11.8 Å². The second kappa shape index (κ2) is 8.99. The maximum absolute atomic E-state index is 12.9. The van der Waals surface area contributed by atoms with E-state index in [4.69, 9.17) is 0 Å². The van der Waals surface area contributed by atoms with Crippen LogP contribution in [0.5, 0.6) is 0 Å². The van der Waals surface area contributed by atoms with Crippen molar-refractivity contribution in [2.24, 2.45) is 11.8 Å². The van der Waals surface area contributed by atoms with Crippen LogP contribution < -0.4 is 5.32 Å². The number of aliphatic hydroxyl groups is 1. The zero-order valence-electron chi connectivity index (χ0n) is 15.4. The molecule has 1 fully saturated rings. The number of benzene rings is 1. The van der Waals surface area contributed by atoms with Gasteiger partial charge in [0.1, 0.15) is 6.04 Å². The van der Waals surface area contributed by atoms with Gasteiger partial charge in [-0.1, -0.05) is 44.9 Å². The minimum absolute atomic E-state index is 0.0149. The Morgan fingerprint density at radius 3 is 2.44 bits per heavy atom. The molecule has 0 spiro atoms. The van der Waals surface area contributed by atoms with Gasteiger partial charge in [0, 0.05) is 25.1 Å². The lowest BCUT2D eigenvalue weighted by Crippen LogP contribution is -2.51. The maximum Gasteiger partial charge on any atom is 0.251 e. The number of carbonyl (C=O) groups excluding carboxylic acids is 2. The fourth-order valence-corrected chi connectivity index (χ4v) is 3.41. The first-order valence-corrected chi connectivity index (χ1v) is 9.19. The van der Waals surface area contributed by atoms with Gasteiger partial charge in [0.25, 0.3) is 5.91 Å². The molecule has 1 aliphatic carbocycles. The van der Waals surface area contributed by atoms with Crippen LogP contribution in [0, 0.1) is 11.8 Å². The molecule has 2 N–H and O–H groups in total. The lowest BCUT2D eigenvalue weighted by Gasteiger charge is -2.33. The Hall–Kier alpha value is -1.88. The Bertz CT molecular complexity index is 574. The molecule has 2 amide bonds. The third-order valence-corrected chi connectivity index (χ3v) is 5.01. The van der Waals surface area contributed by atoms with Gasteiger partial charge >= 0.3 is 0 Å². The fraction of sp³-hybridized carbons (Fsp3) is 0.600. The molecular weight excluding hydrogens is 316 g/mol. The highest BCUT2D eigenvalue weighted by atomic mass is 16.3. The van der Waals surface area contributed by atoms with Crippen LogP contribution in [-0.4, -0.2) is 47.6 Å². The predicted octanol–water partition coefficient (Wildman–Crippen LogP) is 2.45. The van der Waals surface area contributed by atoms with Gasteiger partial charge in [-0.2, -0.15) is 0 Å². The molecule has 0 aliphatic heterocycles. The summed E-state index contributed by atoms with van der Waals surface area (Å²) in [5.74, 6) is -0.227. The second-order valence-electron chi connectivity index (χ2n) is 7.39. The van der Waals surface area contributed by atoms with E-state index in [9.17, 15) is 14.7 Å². The number of carbonyl (C=O) groups is 2. The maximum atomic E-state index is 12.9. The Labute approximate surface area is 150 Å². The molecule has 1 aromatic rings. The average molecular weight is 346 g/mol. The molecule has 25 heavy (non-hydrogen) atoms. The van der Waals surface area contributed by atoms with Crippen LogP contribution >= 0.6 is 0 Å². The molecule has 138 valence electrons. The highest BCUT2D eigenvalue weighted by molar-refractivity contribution is 5.97. The van der Waals surface area contributed by atoms with Crippen LogP contribution in [0.25, 0.3) is 0 Å². The zero-order valence-corrected chi connectivity index (χ0v) is 15.4. The summed E-state index contributed by atoms with van der Waals surface area (Å²) in [6, 6.07) is 8.36. The molecule has 1 aliphatic rings. The van der Waals surface area contributed by atoms with Gasteiger partial charge < -0.3 is 15.3 Å². The summed E-state index contributed by atoms with van der Waals surface area (Å²) in [7, 11) is 1.76. The van der Waals surface area contributed by atoms with E-state index in [-0.39, 0.29) is 29.8 Å². The largest absolute Gasteiger partial charge is 0.393 e. The second-order valence-corrected chi connectivity index (χ2v) is 7.39. The molecule has 3 unspecified atom stereocenters. The van der Waals surface area contributed by atoms with Crippen molar-refractivity contribution in [3.8, 4) is 0 Å². The number of nitrogens with zero attached hydrogens (tertiary/aromatic N) is 1. The van der Waals surface area contributed by atoms with Crippen LogP contribution in [0.3, 0.4) is 0 Å². The first-order chi connectivity index (χ1) is 11.9. The number of hydrogen-bond donors (Lipinski definition) is 2. The standard InChI is InChI=1S/C20H30N2O3/c1-14(2)18(21-19(24)15-9-5-4-6-10-15)20(25)22(3)13-16-11-7-8-12-17(16)23/h4-6,9-10,14,16-18,23H,7-8,11-13H2,1-3H3,(H,21,24). The monoisotopic (exact) mass is 346 g/mol.